The Morgan fingerprint density at radius 1 is 1.22 bits per heavy atom. The van der Waals surface area contributed by atoms with Crippen LogP contribution in [0.25, 0.3) is 0 Å². The van der Waals surface area contributed by atoms with Crippen LogP contribution < -0.4 is 10.6 Å². The van der Waals surface area contributed by atoms with Crippen molar-refractivity contribution in [3.05, 3.63) is 0 Å². The molecule has 0 amide bonds. The Kier molecular flexibility index (Phi) is 8.28. The number of guanidine groups is 1. The van der Waals surface area contributed by atoms with E-state index in [4.69, 9.17) is 4.99 Å². The van der Waals surface area contributed by atoms with Gasteiger partial charge in [0, 0.05) is 37.0 Å². The molecule has 1 heterocycles. The molecule has 3 aliphatic rings. The third kappa shape index (κ3) is 5.96. The van der Waals surface area contributed by atoms with Gasteiger partial charge in [0.05, 0.1) is 0 Å². The molecule has 4 nitrogen and oxygen atoms in total. The summed E-state index contributed by atoms with van der Waals surface area (Å²) < 4.78 is 0. The molecule has 2 saturated carbocycles. The summed E-state index contributed by atoms with van der Waals surface area (Å²) in [6, 6.07) is 1.53. The van der Waals surface area contributed by atoms with E-state index >= 15 is 0 Å². The lowest BCUT2D eigenvalue weighted by Gasteiger charge is -2.18. The summed E-state index contributed by atoms with van der Waals surface area (Å²) in [5.74, 6) is 1.80. The molecule has 1 saturated heterocycles. The lowest BCUT2D eigenvalue weighted by atomic mass is 10.1. The van der Waals surface area contributed by atoms with Crippen LogP contribution in [0, 0.1) is 5.92 Å². The number of hydrogen-bond acceptors (Lipinski definition) is 3. The van der Waals surface area contributed by atoms with Gasteiger partial charge in [-0.3, -0.25) is 4.99 Å². The van der Waals surface area contributed by atoms with Gasteiger partial charge in [-0.2, -0.15) is 11.8 Å². The number of hydrogen-bond donors (Lipinski definition) is 2. The molecule has 1 aliphatic heterocycles. The van der Waals surface area contributed by atoms with Gasteiger partial charge in [0.25, 0.3) is 0 Å². The van der Waals surface area contributed by atoms with Crippen molar-refractivity contribution in [3.8, 4) is 0 Å². The van der Waals surface area contributed by atoms with Crippen LogP contribution in [0.1, 0.15) is 45.4 Å². The predicted octanol–water partition coefficient (Wildman–Crippen LogP) is 2.93. The molecule has 0 aromatic heterocycles. The second-order valence-electron chi connectivity index (χ2n) is 7.11. The highest BCUT2D eigenvalue weighted by Crippen LogP contribution is 2.31. The van der Waals surface area contributed by atoms with Crippen LogP contribution in [0.15, 0.2) is 4.99 Å². The van der Waals surface area contributed by atoms with E-state index in [0.717, 1.165) is 36.3 Å². The molecule has 0 aromatic rings. The molecule has 2 aliphatic carbocycles. The van der Waals surface area contributed by atoms with E-state index in [-0.39, 0.29) is 24.0 Å². The first-order chi connectivity index (χ1) is 10.8. The average Bonchev–Trinajstić information content (AvgIpc) is 3.10. The lowest BCUT2D eigenvalue weighted by molar-refractivity contribution is 0.315. The van der Waals surface area contributed by atoms with Gasteiger partial charge in [0.2, 0.25) is 0 Å². The van der Waals surface area contributed by atoms with E-state index in [2.05, 4.69) is 28.7 Å². The van der Waals surface area contributed by atoms with Crippen LogP contribution in [0.3, 0.4) is 0 Å². The number of nitrogens with one attached hydrogen (secondary N) is 2. The first-order valence-electron chi connectivity index (χ1n) is 9.10. The molecule has 0 radical (unpaired) electrons. The van der Waals surface area contributed by atoms with Crippen molar-refractivity contribution in [1.29, 1.82) is 0 Å². The number of rotatable bonds is 6. The number of halogens is 1. The van der Waals surface area contributed by atoms with Crippen molar-refractivity contribution in [3.63, 3.8) is 0 Å². The molecule has 3 atom stereocenters. The molecule has 134 valence electrons. The number of likely N-dealkylation sites (tertiary alicyclic amines) is 1. The Bertz CT molecular complexity index is 389. The summed E-state index contributed by atoms with van der Waals surface area (Å²) in [7, 11) is 0. The molecule has 2 N–H and O–H groups in total. The van der Waals surface area contributed by atoms with Gasteiger partial charge >= 0.3 is 0 Å². The molecular weight excluding hydrogens is 419 g/mol. The van der Waals surface area contributed by atoms with E-state index in [1.54, 1.807) is 0 Å². The SMILES string of the molecule is CCNC(=NCC1CCN(C2CC2)C1)NC1CCC(SC)C1.I. The second kappa shape index (κ2) is 9.70. The maximum Gasteiger partial charge on any atom is 0.191 e. The summed E-state index contributed by atoms with van der Waals surface area (Å²) >= 11 is 2.01. The van der Waals surface area contributed by atoms with Crippen molar-refractivity contribution in [2.75, 3.05) is 32.4 Å². The molecule has 0 spiro atoms. The van der Waals surface area contributed by atoms with E-state index in [1.807, 2.05) is 11.8 Å². The summed E-state index contributed by atoms with van der Waals surface area (Å²) in [6.45, 7) is 6.65. The topological polar surface area (TPSA) is 39.7 Å². The van der Waals surface area contributed by atoms with Crippen LogP contribution >= 0.6 is 35.7 Å². The number of nitrogens with zero attached hydrogens (tertiary/aromatic N) is 2. The summed E-state index contributed by atoms with van der Waals surface area (Å²) in [5.41, 5.74) is 0. The van der Waals surface area contributed by atoms with E-state index in [1.165, 1.54) is 51.6 Å². The van der Waals surface area contributed by atoms with Gasteiger partial charge in [0.15, 0.2) is 5.96 Å². The van der Waals surface area contributed by atoms with Gasteiger partial charge in [-0.15, -0.1) is 24.0 Å². The molecule has 0 bridgehead atoms. The highest BCUT2D eigenvalue weighted by Gasteiger charge is 2.34. The van der Waals surface area contributed by atoms with Crippen molar-refractivity contribution in [2.24, 2.45) is 10.9 Å². The monoisotopic (exact) mass is 452 g/mol. The maximum absolute atomic E-state index is 4.88. The Morgan fingerprint density at radius 3 is 2.70 bits per heavy atom. The highest BCUT2D eigenvalue weighted by molar-refractivity contribution is 14.0. The maximum atomic E-state index is 4.88. The summed E-state index contributed by atoms with van der Waals surface area (Å²) in [4.78, 5) is 7.57. The van der Waals surface area contributed by atoms with Gasteiger partial charge in [-0.25, -0.2) is 0 Å². The van der Waals surface area contributed by atoms with Crippen molar-refractivity contribution in [2.45, 2.75) is 62.8 Å². The van der Waals surface area contributed by atoms with E-state index in [9.17, 15) is 0 Å². The molecule has 3 unspecified atom stereocenters. The smallest absolute Gasteiger partial charge is 0.191 e. The largest absolute Gasteiger partial charge is 0.357 e. The van der Waals surface area contributed by atoms with Crippen molar-refractivity contribution in [1.82, 2.24) is 15.5 Å². The lowest BCUT2D eigenvalue weighted by Crippen LogP contribution is -2.43. The minimum Gasteiger partial charge on any atom is -0.357 e. The van der Waals surface area contributed by atoms with Gasteiger partial charge in [-0.1, -0.05) is 0 Å². The first kappa shape index (κ1) is 19.6. The molecule has 0 aromatic carbocycles. The fraction of sp³-hybridized carbons (Fsp3) is 0.941. The fourth-order valence-electron chi connectivity index (χ4n) is 3.80. The minimum absolute atomic E-state index is 0. The first-order valence-corrected chi connectivity index (χ1v) is 10.4. The second-order valence-corrected chi connectivity index (χ2v) is 8.25. The third-order valence-electron chi connectivity index (χ3n) is 5.29. The molecule has 6 heteroatoms. The van der Waals surface area contributed by atoms with Crippen molar-refractivity contribution < 1.29 is 0 Å². The number of thioether (sulfide) groups is 1. The zero-order valence-corrected chi connectivity index (χ0v) is 17.7. The quantitative estimate of drug-likeness (QED) is 0.370. The van der Waals surface area contributed by atoms with Gasteiger partial charge in [-0.05, 0) is 64.2 Å². The van der Waals surface area contributed by atoms with Crippen LogP contribution in [-0.2, 0) is 0 Å². The van der Waals surface area contributed by atoms with E-state index in [0.29, 0.717) is 6.04 Å². The third-order valence-corrected chi connectivity index (χ3v) is 6.39. The van der Waals surface area contributed by atoms with Gasteiger partial charge in [0.1, 0.15) is 0 Å². The molecule has 3 rings (SSSR count). The normalized spacial score (nSPS) is 31.9. The van der Waals surface area contributed by atoms with Gasteiger partial charge < -0.3 is 15.5 Å². The van der Waals surface area contributed by atoms with Crippen LogP contribution in [-0.4, -0.2) is 60.6 Å². The zero-order valence-electron chi connectivity index (χ0n) is 14.6. The Balaban J connectivity index is 0.00000192. The Morgan fingerprint density at radius 2 is 2.04 bits per heavy atom. The standard InChI is InChI=1S/C17H32N4S.HI/c1-3-18-17(20-14-4-7-16(10-14)22-2)19-11-13-8-9-21(12-13)15-5-6-15;/h13-16H,3-12H2,1-2H3,(H2,18,19,20);1H. The molecular formula is C17H33IN4S. The molecule has 23 heavy (non-hydrogen) atoms. The highest BCUT2D eigenvalue weighted by atomic mass is 127. The van der Waals surface area contributed by atoms with Crippen molar-refractivity contribution >= 4 is 41.7 Å². The fourth-order valence-corrected chi connectivity index (χ4v) is 4.60. The van der Waals surface area contributed by atoms with Crippen LogP contribution in [0.2, 0.25) is 0 Å². The predicted molar refractivity (Wildman–Crippen MR) is 112 cm³/mol. The molecule has 3 fully saturated rings. The summed E-state index contributed by atoms with van der Waals surface area (Å²) in [5, 5.41) is 7.93. The number of aliphatic imine (C=N–C) groups is 1. The zero-order chi connectivity index (χ0) is 15.4. The Labute approximate surface area is 163 Å². The van der Waals surface area contributed by atoms with Crippen LogP contribution in [0.4, 0.5) is 0 Å². The Hall–Kier alpha value is 0.310. The van der Waals surface area contributed by atoms with Crippen LogP contribution in [0.5, 0.6) is 0 Å². The summed E-state index contributed by atoms with van der Waals surface area (Å²) in [6.07, 6.45) is 10.3. The minimum atomic E-state index is 0. The van der Waals surface area contributed by atoms with E-state index < -0.39 is 0 Å². The average molecular weight is 452 g/mol.